The van der Waals surface area contributed by atoms with Gasteiger partial charge in [-0.1, -0.05) is 30.6 Å². The van der Waals surface area contributed by atoms with Crippen LogP contribution in [0.2, 0.25) is 0 Å². The summed E-state index contributed by atoms with van der Waals surface area (Å²) in [7, 11) is 0. The van der Waals surface area contributed by atoms with E-state index in [0.717, 1.165) is 18.5 Å². The summed E-state index contributed by atoms with van der Waals surface area (Å²) in [5.41, 5.74) is 7.91. The van der Waals surface area contributed by atoms with Gasteiger partial charge >= 0.3 is 0 Å². The Kier molecular flexibility index (Phi) is 2.90. The van der Waals surface area contributed by atoms with Gasteiger partial charge in [-0.05, 0) is 24.1 Å². The van der Waals surface area contributed by atoms with Gasteiger partial charge in [0.1, 0.15) is 5.82 Å². The van der Waals surface area contributed by atoms with Gasteiger partial charge in [-0.2, -0.15) is 0 Å². The van der Waals surface area contributed by atoms with E-state index in [0.29, 0.717) is 11.1 Å². The lowest BCUT2D eigenvalue weighted by molar-refractivity contribution is 0.427. The maximum absolute atomic E-state index is 13.1. The fourth-order valence-electron chi connectivity index (χ4n) is 1.70. The van der Waals surface area contributed by atoms with Crippen molar-refractivity contribution in [3.63, 3.8) is 0 Å². The molecule has 1 heterocycles. The van der Waals surface area contributed by atoms with E-state index in [2.05, 4.69) is 5.16 Å². The molecule has 84 valence electrons. The van der Waals surface area contributed by atoms with Crippen molar-refractivity contribution >= 4 is 5.88 Å². The summed E-state index contributed by atoms with van der Waals surface area (Å²) in [5.74, 6) is -0.0467. The van der Waals surface area contributed by atoms with Crippen LogP contribution in [0.15, 0.2) is 28.8 Å². The van der Waals surface area contributed by atoms with Crippen LogP contribution in [-0.2, 0) is 6.42 Å². The Hall–Kier alpha value is -1.84. The minimum Gasteiger partial charge on any atom is -0.367 e. The molecular weight excluding hydrogens is 207 g/mol. The van der Waals surface area contributed by atoms with Crippen molar-refractivity contribution in [2.45, 2.75) is 19.8 Å². The molecule has 16 heavy (non-hydrogen) atoms. The summed E-state index contributed by atoms with van der Waals surface area (Å²) in [5, 5.41) is 3.89. The highest BCUT2D eigenvalue weighted by Crippen LogP contribution is 2.30. The molecule has 0 radical (unpaired) electrons. The molecule has 1 aromatic heterocycles. The Morgan fingerprint density at radius 2 is 2.25 bits per heavy atom. The van der Waals surface area contributed by atoms with Crippen LogP contribution in [-0.4, -0.2) is 5.16 Å². The molecule has 0 fully saturated rings. The van der Waals surface area contributed by atoms with Gasteiger partial charge in [0.15, 0.2) is 0 Å². The molecule has 0 aliphatic rings. The molecule has 4 heteroatoms. The Labute approximate surface area is 93.1 Å². The molecule has 0 bridgehead atoms. The van der Waals surface area contributed by atoms with Gasteiger partial charge in [0.2, 0.25) is 5.88 Å². The quantitative estimate of drug-likeness (QED) is 0.865. The van der Waals surface area contributed by atoms with E-state index in [9.17, 15) is 4.39 Å². The summed E-state index contributed by atoms with van der Waals surface area (Å²) in [6.07, 6.45) is 1.71. The monoisotopic (exact) mass is 220 g/mol. The average Bonchev–Trinajstić information content (AvgIpc) is 2.60. The fraction of sp³-hybridized carbons (Fsp3) is 0.250. The SMILES string of the molecule is CCCc1noc(N)c1-c1cccc(F)c1. The van der Waals surface area contributed by atoms with Gasteiger partial charge in [-0.25, -0.2) is 4.39 Å². The van der Waals surface area contributed by atoms with Crippen molar-refractivity contribution in [3.05, 3.63) is 35.8 Å². The van der Waals surface area contributed by atoms with Crippen molar-refractivity contribution in [1.82, 2.24) is 5.16 Å². The third kappa shape index (κ3) is 1.91. The molecule has 0 unspecified atom stereocenters. The number of anilines is 1. The second-order valence-electron chi connectivity index (χ2n) is 3.63. The van der Waals surface area contributed by atoms with Crippen molar-refractivity contribution < 1.29 is 8.91 Å². The second-order valence-corrected chi connectivity index (χ2v) is 3.63. The smallest absolute Gasteiger partial charge is 0.230 e. The number of nitrogen functional groups attached to an aromatic ring is 1. The zero-order valence-corrected chi connectivity index (χ0v) is 9.03. The molecule has 0 atom stereocenters. The minimum absolute atomic E-state index is 0.244. The normalized spacial score (nSPS) is 10.6. The number of nitrogens with zero attached hydrogens (tertiary/aromatic N) is 1. The number of halogens is 1. The predicted octanol–water partition coefficient (Wildman–Crippen LogP) is 3.02. The van der Waals surface area contributed by atoms with Crippen LogP contribution >= 0.6 is 0 Å². The van der Waals surface area contributed by atoms with E-state index in [1.54, 1.807) is 12.1 Å². The average molecular weight is 220 g/mol. The first-order valence-corrected chi connectivity index (χ1v) is 5.22. The number of aromatic nitrogens is 1. The highest BCUT2D eigenvalue weighted by Gasteiger charge is 2.15. The minimum atomic E-state index is -0.291. The molecule has 1 aromatic carbocycles. The van der Waals surface area contributed by atoms with Crippen molar-refractivity contribution in [2.24, 2.45) is 0 Å². The van der Waals surface area contributed by atoms with Crippen molar-refractivity contribution in [3.8, 4) is 11.1 Å². The van der Waals surface area contributed by atoms with Crippen LogP contribution in [0.5, 0.6) is 0 Å². The van der Waals surface area contributed by atoms with Crippen LogP contribution in [0, 0.1) is 5.82 Å². The number of hydrogen-bond donors (Lipinski definition) is 1. The Balaban J connectivity index is 2.50. The van der Waals surface area contributed by atoms with E-state index in [1.165, 1.54) is 12.1 Å². The molecule has 0 aliphatic heterocycles. The van der Waals surface area contributed by atoms with E-state index in [-0.39, 0.29) is 11.7 Å². The number of hydrogen-bond acceptors (Lipinski definition) is 3. The molecule has 3 nitrogen and oxygen atoms in total. The first-order chi connectivity index (χ1) is 7.72. The summed E-state index contributed by atoms with van der Waals surface area (Å²) in [6.45, 7) is 2.04. The molecule has 0 aliphatic carbocycles. The first-order valence-electron chi connectivity index (χ1n) is 5.22. The predicted molar refractivity (Wildman–Crippen MR) is 60.3 cm³/mol. The summed E-state index contributed by atoms with van der Waals surface area (Å²) in [4.78, 5) is 0. The van der Waals surface area contributed by atoms with Crippen molar-refractivity contribution in [2.75, 3.05) is 5.73 Å². The molecule has 0 saturated heterocycles. The van der Waals surface area contributed by atoms with E-state index in [1.807, 2.05) is 6.92 Å². The highest BCUT2D eigenvalue weighted by molar-refractivity contribution is 5.74. The molecule has 0 amide bonds. The number of rotatable bonds is 3. The van der Waals surface area contributed by atoms with Gasteiger partial charge in [0.05, 0.1) is 11.3 Å². The molecule has 0 spiro atoms. The highest BCUT2D eigenvalue weighted by atomic mass is 19.1. The molecule has 0 saturated carbocycles. The van der Waals surface area contributed by atoms with E-state index < -0.39 is 0 Å². The summed E-state index contributed by atoms with van der Waals surface area (Å²) in [6, 6.07) is 6.27. The van der Waals surface area contributed by atoms with Gasteiger partial charge in [-0.3, -0.25) is 0 Å². The number of nitrogens with two attached hydrogens (primary N) is 1. The lowest BCUT2D eigenvalue weighted by Gasteiger charge is -2.01. The van der Waals surface area contributed by atoms with Crippen LogP contribution in [0.25, 0.3) is 11.1 Å². The third-order valence-corrected chi connectivity index (χ3v) is 2.39. The largest absolute Gasteiger partial charge is 0.367 e. The first kappa shape index (κ1) is 10.7. The standard InChI is InChI=1S/C12H13FN2O/c1-2-4-10-11(12(14)16-15-10)8-5-3-6-9(13)7-8/h3,5-7H,2,4,14H2,1H3. The van der Waals surface area contributed by atoms with Gasteiger partial charge in [0.25, 0.3) is 0 Å². The molecule has 2 aromatic rings. The zero-order chi connectivity index (χ0) is 11.5. The van der Waals surface area contributed by atoms with E-state index >= 15 is 0 Å². The second kappa shape index (κ2) is 4.35. The summed E-state index contributed by atoms with van der Waals surface area (Å²) < 4.78 is 18.1. The Morgan fingerprint density at radius 3 is 2.94 bits per heavy atom. The zero-order valence-electron chi connectivity index (χ0n) is 9.03. The van der Waals surface area contributed by atoms with Gasteiger partial charge in [0, 0.05) is 0 Å². The molecule has 2 N–H and O–H groups in total. The maximum atomic E-state index is 13.1. The lowest BCUT2D eigenvalue weighted by atomic mass is 10.0. The Morgan fingerprint density at radius 1 is 1.44 bits per heavy atom. The lowest BCUT2D eigenvalue weighted by Crippen LogP contribution is -1.91. The molecular formula is C12H13FN2O. The fourth-order valence-corrected chi connectivity index (χ4v) is 1.70. The third-order valence-electron chi connectivity index (χ3n) is 2.39. The van der Waals surface area contributed by atoms with Crippen LogP contribution in [0.4, 0.5) is 10.3 Å². The number of benzene rings is 1. The summed E-state index contributed by atoms with van der Waals surface area (Å²) >= 11 is 0. The van der Waals surface area contributed by atoms with Crippen molar-refractivity contribution in [1.29, 1.82) is 0 Å². The van der Waals surface area contributed by atoms with E-state index in [4.69, 9.17) is 10.3 Å². The van der Waals surface area contributed by atoms with Gasteiger partial charge in [-0.15, -0.1) is 0 Å². The van der Waals surface area contributed by atoms with Crippen LogP contribution in [0.1, 0.15) is 19.0 Å². The Bertz CT molecular complexity index is 494. The van der Waals surface area contributed by atoms with Gasteiger partial charge < -0.3 is 10.3 Å². The maximum Gasteiger partial charge on any atom is 0.230 e. The molecule has 2 rings (SSSR count). The topological polar surface area (TPSA) is 52.0 Å². The number of aryl methyl sites for hydroxylation is 1. The van der Waals surface area contributed by atoms with Crippen LogP contribution in [0.3, 0.4) is 0 Å². The van der Waals surface area contributed by atoms with Crippen LogP contribution < -0.4 is 5.73 Å².